The Labute approximate surface area is 198 Å². The zero-order valence-corrected chi connectivity index (χ0v) is 18.5. The molecule has 0 N–H and O–H groups in total. The normalized spacial score (nSPS) is 15.8. The second kappa shape index (κ2) is 10.6. The quantitative estimate of drug-likeness (QED) is 0.0955. The van der Waals surface area contributed by atoms with Crippen molar-refractivity contribution in [1.82, 2.24) is 0 Å². The molecular formula is C19H20F18. The van der Waals surface area contributed by atoms with Crippen molar-refractivity contribution in [3.05, 3.63) is 12.7 Å². The third-order valence-electron chi connectivity index (χ3n) is 5.29. The van der Waals surface area contributed by atoms with Crippen molar-refractivity contribution in [2.45, 2.75) is 105 Å². The molecule has 0 aromatic carbocycles. The molecular weight excluding hydrogens is 570 g/mol. The molecule has 0 aliphatic heterocycles. The van der Waals surface area contributed by atoms with Gasteiger partial charge in [-0.25, -0.2) is 0 Å². The summed E-state index contributed by atoms with van der Waals surface area (Å²) >= 11 is 0. The van der Waals surface area contributed by atoms with Gasteiger partial charge in [0.05, 0.1) is 0 Å². The van der Waals surface area contributed by atoms with E-state index in [9.17, 15) is 79.0 Å². The molecule has 0 radical (unpaired) electrons. The molecule has 37 heavy (non-hydrogen) atoms. The summed E-state index contributed by atoms with van der Waals surface area (Å²) in [6.45, 7) is 4.12. The summed E-state index contributed by atoms with van der Waals surface area (Å²) in [6, 6.07) is 0. The molecule has 0 fully saturated rings. The van der Waals surface area contributed by atoms with Crippen molar-refractivity contribution in [3.63, 3.8) is 0 Å². The standard InChI is InChI=1S/C19H20F18/c1-3-5-7-8-10-12(22,23)14(26,27)16(30,31)18(34,35)19(36,37)17(32,33)15(28,29)13(24,25)11(20,21)9-6-4-2/h4H,2-3,5-10H2,1H3. The van der Waals surface area contributed by atoms with Crippen LogP contribution in [0.25, 0.3) is 0 Å². The molecule has 0 amide bonds. The average Bonchev–Trinajstić information content (AvgIpc) is 2.74. The van der Waals surface area contributed by atoms with Gasteiger partial charge in [0.1, 0.15) is 0 Å². The molecule has 0 nitrogen and oxygen atoms in total. The van der Waals surface area contributed by atoms with Gasteiger partial charge in [0, 0.05) is 12.8 Å². The Morgan fingerprint density at radius 1 is 0.432 bits per heavy atom. The van der Waals surface area contributed by atoms with Gasteiger partial charge in [-0.05, 0) is 12.8 Å². The third kappa shape index (κ3) is 5.35. The van der Waals surface area contributed by atoms with Crippen molar-refractivity contribution in [3.8, 4) is 0 Å². The first-order valence-corrected chi connectivity index (χ1v) is 10.1. The van der Waals surface area contributed by atoms with E-state index in [0.29, 0.717) is 6.08 Å². The van der Waals surface area contributed by atoms with Crippen LogP contribution in [0.2, 0.25) is 0 Å². The lowest BCUT2D eigenvalue weighted by atomic mass is 9.85. The molecule has 18 heteroatoms. The maximum Gasteiger partial charge on any atom is 0.385 e. The Kier molecular flexibility index (Phi) is 10.1. The number of alkyl halides is 18. The predicted octanol–water partition coefficient (Wildman–Crippen LogP) is 9.64. The second-order valence-electron chi connectivity index (χ2n) is 8.07. The highest BCUT2D eigenvalue weighted by Crippen LogP contribution is 2.65. The smallest absolute Gasteiger partial charge is 0.200 e. The van der Waals surface area contributed by atoms with Gasteiger partial charge in [0.2, 0.25) is 0 Å². The molecule has 0 unspecified atom stereocenters. The number of hydrogen-bond acceptors (Lipinski definition) is 0. The molecule has 0 spiro atoms. The van der Waals surface area contributed by atoms with E-state index in [2.05, 4.69) is 6.58 Å². The molecule has 0 rings (SSSR count). The highest BCUT2D eigenvalue weighted by molar-refractivity contribution is 5.17. The fourth-order valence-electron chi connectivity index (χ4n) is 2.82. The van der Waals surface area contributed by atoms with E-state index in [1.165, 1.54) is 6.92 Å². The number of hydrogen-bond donors (Lipinski definition) is 0. The molecule has 0 saturated carbocycles. The molecule has 0 aliphatic carbocycles. The van der Waals surface area contributed by atoms with Crippen LogP contribution in [-0.4, -0.2) is 53.3 Å². The van der Waals surface area contributed by atoms with Crippen LogP contribution in [-0.2, 0) is 0 Å². The summed E-state index contributed by atoms with van der Waals surface area (Å²) in [6.07, 6.45) is -7.20. The minimum absolute atomic E-state index is 0.0131. The Morgan fingerprint density at radius 3 is 1.03 bits per heavy atom. The number of allylic oxidation sites excluding steroid dienone is 1. The van der Waals surface area contributed by atoms with Crippen LogP contribution < -0.4 is 0 Å². The largest absolute Gasteiger partial charge is 0.385 e. The van der Waals surface area contributed by atoms with E-state index in [0.717, 1.165) is 0 Å². The summed E-state index contributed by atoms with van der Waals surface area (Å²) in [7, 11) is 0. The van der Waals surface area contributed by atoms with Crippen LogP contribution in [0.3, 0.4) is 0 Å². The van der Waals surface area contributed by atoms with Gasteiger partial charge in [-0.15, -0.1) is 6.58 Å². The van der Waals surface area contributed by atoms with Crippen LogP contribution in [0.15, 0.2) is 12.7 Å². The van der Waals surface area contributed by atoms with E-state index in [-0.39, 0.29) is 12.8 Å². The van der Waals surface area contributed by atoms with Crippen LogP contribution >= 0.6 is 0 Å². The number of halogens is 18. The average molecular weight is 590 g/mol. The van der Waals surface area contributed by atoms with Gasteiger partial charge in [-0.1, -0.05) is 32.3 Å². The molecule has 0 atom stereocenters. The Balaban J connectivity index is 6.67. The number of rotatable bonds is 16. The van der Waals surface area contributed by atoms with E-state index >= 15 is 0 Å². The van der Waals surface area contributed by atoms with E-state index in [4.69, 9.17) is 0 Å². The van der Waals surface area contributed by atoms with Crippen molar-refractivity contribution >= 4 is 0 Å². The summed E-state index contributed by atoms with van der Waals surface area (Å²) in [5.41, 5.74) is 0. The first kappa shape index (κ1) is 35.5. The molecule has 0 saturated heterocycles. The van der Waals surface area contributed by atoms with Crippen LogP contribution in [0, 0.1) is 0 Å². The topological polar surface area (TPSA) is 0 Å². The molecule has 222 valence electrons. The molecule has 0 aliphatic rings. The fourth-order valence-corrected chi connectivity index (χ4v) is 2.82. The second-order valence-corrected chi connectivity index (χ2v) is 8.07. The minimum atomic E-state index is -8.72. The Morgan fingerprint density at radius 2 is 0.730 bits per heavy atom. The first-order chi connectivity index (χ1) is 16.1. The zero-order chi connectivity index (χ0) is 30.2. The lowest BCUT2D eigenvalue weighted by Gasteiger charge is -2.44. The Hall–Kier alpha value is -1.52. The van der Waals surface area contributed by atoms with Gasteiger partial charge < -0.3 is 0 Å². The maximum absolute atomic E-state index is 13.8. The van der Waals surface area contributed by atoms with Gasteiger partial charge in [-0.3, -0.25) is 0 Å². The van der Waals surface area contributed by atoms with Crippen molar-refractivity contribution in [1.29, 1.82) is 0 Å². The maximum atomic E-state index is 13.8. The van der Waals surface area contributed by atoms with Crippen LogP contribution in [0.4, 0.5) is 79.0 Å². The molecule has 0 heterocycles. The number of unbranched alkanes of at least 4 members (excludes halogenated alkanes) is 3. The summed E-state index contributed by atoms with van der Waals surface area (Å²) < 4.78 is 246. The first-order valence-electron chi connectivity index (χ1n) is 10.1. The van der Waals surface area contributed by atoms with Crippen molar-refractivity contribution < 1.29 is 79.0 Å². The SMILES string of the molecule is C=CCCC(F)(F)C(F)(F)C(F)(F)C(F)(F)C(F)(F)C(F)(F)C(F)(F)C(F)(F)C(F)(F)CCCCCC. The van der Waals surface area contributed by atoms with Crippen molar-refractivity contribution in [2.75, 3.05) is 0 Å². The highest BCUT2D eigenvalue weighted by atomic mass is 19.4. The summed E-state index contributed by atoms with van der Waals surface area (Å²) in [5.74, 6) is -70.6. The molecule has 0 aromatic rings. The lowest BCUT2D eigenvalue weighted by Crippen LogP contribution is -2.76. The Bertz CT molecular complexity index is 767. The fraction of sp³-hybridized carbons (Fsp3) is 0.895. The van der Waals surface area contributed by atoms with E-state index < -0.39 is 85.4 Å². The van der Waals surface area contributed by atoms with Crippen LogP contribution in [0.1, 0.15) is 51.9 Å². The third-order valence-corrected chi connectivity index (χ3v) is 5.29. The summed E-state index contributed by atoms with van der Waals surface area (Å²) in [5, 5.41) is 0. The van der Waals surface area contributed by atoms with Gasteiger partial charge in [0.15, 0.2) is 0 Å². The predicted molar refractivity (Wildman–Crippen MR) is 92.7 cm³/mol. The van der Waals surface area contributed by atoms with Crippen LogP contribution in [0.5, 0.6) is 0 Å². The van der Waals surface area contributed by atoms with Gasteiger partial charge in [0.25, 0.3) is 0 Å². The highest BCUT2D eigenvalue weighted by Gasteiger charge is 2.96. The van der Waals surface area contributed by atoms with Gasteiger partial charge >= 0.3 is 53.3 Å². The van der Waals surface area contributed by atoms with E-state index in [1.54, 1.807) is 0 Å². The monoisotopic (exact) mass is 590 g/mol. The molecule has 0 aromatic heterocycles. The minimum Gasteiger partial charge on any atom is -0.200 e. The van der Waals surface area contributed by atoms with E-state index in [1.807, 2.05) is 0 Å². The lowest BCUT2D eigenvalue weighted by molar-refractivity contribution is -0.462. The zero-order valence-electron chi connectivity index (χ0n) is 18.5. The van der Waals surface area contributed by atoms with Crippen molar-refractivity contribution in [2.24, 2.45) is 0 Å². The molecule has 0 bridgehead atoms. The summed E-state index contributed by atoms with van der Waals surface area (Å²) in [4.78, 5) is 0. The van der Waals surface area contributed by atoms with Gasteiger partial charge in [-0.2, -0.15) is 79.0 Å².